The molecule has 0 spiro atoms. The quantitative estimate of drug-likeness (QED) is 0.651. The predicted octanol–water partition coefficient (Wildman–Crippen LogP) is 2.00. The lowest BCUT2D eigenvalue weighted by molar-refractivity contribution is 0.0595. The highest BCUT2D eigenvalue weighted by molar-refractivity contribution is 5.98. The van der Waals surface area contributed by atoms with Gasteiger partial charge in [0.2, 0.25) is 0 Å². The first-order valence-corrected chi connectivity index (χ1v) is 6.43. The molecule has 0 aliphatic carbocycles. The van der Waals surface area contributed by atoms with Crippen molar-refractivity contribution in [1.82, 2.24) is 0 Å². The van der Waals surface area contributed by atoms with Crippen molar-refractivity contribution in [3.63, 3.8) is 0 Å². The summed E-state index contributed by atoms with van der Waals surface area (Å²) < 4.78 is 15.9. The first kappa shape index (κ1) is 13.7. The van der Waals surface area contributed by atoms with Gasteiger partial charge in [0.1, 0.15) is 11.3 Å². The zero-order chi connectivity index (χ0) is 13.7. The Labute approximate surface area is 112 Å². The van der Waals surface area contributed by atoms with Gasteiger partial charge in [0.25, 0.3) is 0 Å². The van der Waals surface area contributed by atoms with E-state index in [1.807, 2.05) is 0 Å². The molecule has 2 N–H and O–H groups in total. The molecule has 1 aliphatic heterocycles. The summed E-state index contributed by atoms with van der Waals surface area (Å²) in [4.78, 5) is 11.7. The summed E-state index contributed by atoms with van der Waals surface area (Å²) in [5.41, 5.74) is 6.44. The molecule has 19 heavy (non-hydrogen) atoms. The summed E-state index contributed by atoms with van der Waals surface area (Å²) in [6, 6.07) is 5.13. The minimum atomic E-state index is -0.481. The van der Waals surface area contributed by atoms with Crippen LogP contribution in [-0.2, 0) is 9.47 Å². The van der Waals surface area contributed by atoms with E-state index in [0.29, 0.717) is 18.0 Å². The van der Waals surface area contributed by atoms with Gasteiger partial charge in [0.15, 0.2) is 0 Å². The minimum Gasteiger partial charge on any atom is -0.493 e. The fourth-order valence-electron chi connectivity index (χ4n) is 2.16. The number of nitrogens with two attached hydrogens (primary N) is 1. The third-order valence-electron chi connectivity index (χ3n) is 3.17. The summed E-state index contributed by atoms with van der Waals surface area (Å²) in [5, 5.41) is 0. The maximum atomic E-state index is 11.7. The van der Waals surface area contributed by atoms with Gasteiger partial charge in [-0.15, -0.1) is 0 Å². The smallest absolute Gasteiger partial charge is 0.343 e. The highest BCUT2D eigenvalue weighted by Gasteiger charge is 2.18. The van der Waals surface area contributed by atoms with Crippen LogP contribution in [0.3, 0.4) is 0 Å². The second-order valence-electron chi connectivity index (χ2n) is 4.48. The van der Waals surface area contributed by atoms with Crippen LogP contribution in [0.25, 0.3) is 0 Å². The Balaban J connectivity index is 1.98. The van der Waals surface area contributed by atoms with Crippen LogP contribution in [0.1, 0.15) is 29.6 Å². The number of anilines is 1. The van der Waals surface area contributed by atoms with Crippen LogP contribution in [0.5, 0.6) is 5.75 Å². The lowest BCUT2D eigenvalue weighted by atomic mass is 10.1. The van der Waals surface area contributed by atoms with E-state index in [0.717, 1.165) is 25.9 Å². The van der Waals surface area contributed by atoms with E-state index in [1.165, 1.54) is 7.11 Å². The Morgan fingerprint density at radius 2 is 2.37 bits per heavy atom. The van der Waals surface area contributed by atoms with E-state index in [4.69, 9.17) is 19.9 Å². The number of rotatable bonds is 5. The maximum absolute atomic E-state index is 11.7. The van der Waals surface area contributed by atoms with E-state index in [9.17, 15) is 4.79 Å². The number of hydrogen-bond donors (Lipinski definition) is 1. The largest absolute Gasteiger partial charge is 0.493 e. The second kappa shape index (κ2) is 6.43. The zero-order valence-electron chi connectivity index (χ0n) is 11.1. The highest BCUT2D eigenvalue weighted by Crippen LogP contribution is 2.26. The Morgan fingerprint density at radius 1 is 1.53 bits per heavy atom. The van der Waals surface area contributed by atoms with Crippen LogP contribution in [0.4, 0.5) is 5.69 Å². The molecular weight excluding hydrogens is 246 g/mol. The van der Waals surface area contributed by atoms with Crippen molar-refractivity contribution in [2.24, 2.45) is 0 Å². The standard InChI is InChI=1S/C14H19NO4/c1-17-14(16)13-11(15)5-2-6-12(13)19-9-7-10-4-3-8-18-10/h2,5-6,10H,3-4,7-9,15H2,1H3. The second-order valence-corrected chi connectivity index (χ2v) is 4.48. The van der Waals surface area contributed by atoms with Crippen molar-refractivity contribution in [3.8, 4) is 5.75 Å². The van der Waals surface area contributed by atoms with Crippen LogP contribution < -0.4 is 10.5 Å². The molecule has 2 rings (SSSR count). The Kier molecular flexibility index (Phi) is 4.63. The van der Waals surface area contributed by atoms with Gasteiger partial charge in [-0.1, -0.05) is 6.07 Å². The maximum Gasteiger partial charge on any atom is 0.343 e. The van der Waals surface area contributed by atoms with Gasteiger partial charge in [-0.2, -0.15) is 0 Å². The van der Waals surface area contributed by atoms with Crippen LogP contribution in [0.2, 0.25) is 0 Å². The zero-order valence-corrected chi connectivity index (χ0v) is 11.1. The molecule has 1 heterocycles. The molecule has 0 saturated carbocycles. The van der Waals surface area contributed by atoms with Gasteiger partial charge in [-0.05, 0) is 25.0 Å². The predicted molar refractivity (Wildman–Crippen MR) is 71.3 cm³/mol. The van der Waals surface area contributed by atoms with Crippen LogP contribution >= 0.6 is 0 Å². The SMILES string of the molecule is COC(=O)c1c(N)cccc1OCCC1CCCO1. The van der Waals surface area contributed by atoms with Gasteiger partial charge in [0.05, 0.1) is 19.8 Å². The van der Waals surface area contributed by atoms with Gasteiger partial charge in [-0.3, -0.25) is 0 Å². The summed E-state index contributed by atoms with van der Waals surface area (Å²) >= 11 is 0. The number of ether oxygens (including phenoxy) is 3. The van der Waals surface area contributed by atoms with Crippen molar-refractivity contribution < 1.29 is 19.0 Å². The molecule has 1 aromatic rings. The van der Waals surface area contributed by atoms with Crippen molar-refractivity contribution in [2.75, 3.05) is 26.1 Å². The molecule has 104 valence electrons. The molecule has 0 radical (unpaired) electrons. The van der Waals surface area contributed by atoms with E-state index in [2.05, 4.69) is 0 Å². The summed E-state index contributed by atoms with van der Waals surface area (Å²) in [7, 11) is 1.32. The van der Waals surface area contributed by atoms with Crippen molar-refractivity contribution in [3.05, 3.63) is 23.8 Å². The number of carbonyl (C=O) groups is 1. The minimum absolute atomic E-state index is 0.266. The number of benzene rings is 1. The molecule has 5 nitrogen and oxygen atoms in total. The summed E-state index contributed by atoms with van der Waals surface area (Å²) in [6.45, 7) is 1.33. The molecule has 5 heteroatoms. The summed E-state index contributed by atoms with van der Waals surface area (Å²) in [5.74, 6) is -0.0185. The van der Waals surface area contributed by atoms with Gasteiger partial charge in [0, 0.05) is 18.7 Å². The monoisotopic (exact) mass is 265 g/mol. The number of nitrogen functional groups attached to an aromatic ring is 1. The number of carbonyl (C=O) groups excluding carboxylic acids is 1. The average Bonchev–Trinajstić information content (AvgIpc) is 2.91. The third-order valence-corrected chi connectivity index (χ3v) is 3.17. The Bertz CT molecular complexity index is 441. The molecule has 1 unspecified atom stereocenters. The van der Waals surface area contributed by atoms with Gasteiger partial charge >= 0.3 is 5.97 Å². The van der Waals surface area contributed by atoms with Gasteiger partial charge in [-0.25, -0.2) is 4.79 Å². The van der Waals surface area contributed by atoms with Crippen LogP contribution in [0, 0.1) is 0 Å². The Hall–Kier alpha value is -1.75. The van der Waals surface area contributed by atoms with E-state index < -0.39 is 5.97 Å². The number of esters is 1. The molecule has 1 fully saturated rings. The Morgan fingerprint density at radius 3 is 3.05 bits per heavy atom. The van der Waals surface area contributed by atoms with E-state index in [-0.39, 0.29) is 11.7 Å². The third kappa shape index (κ3) is 3.38. The fourth-order valence-corrected chi connectivity index (χ4v) is 2.16. The molecule has 1 atom stereocenters. The van der Waals surface area contributed by atoms with Crippen molar-refractivity contribution in [2.45, 2.75) is 25.4 Å². The average molecular weight is 265 g/mol. The molecule has 0 amide bonds. The van der Waals surface area contributed by atoms with Crippen molar-refractivity contribution >= 4 is 11.7 Å². The fraction of sp³-hybridized carbons (Fsp3) is 0.500. The first-order valence-electron chi connectivity index (χ1n) is 6.43. The summed E-state index contributed by atoms with van der Waals surface area (Å²) in [6.07, 6.45) is 3.26. The number of methoxy groups -OCH3 is 1. The first-order chi connectivity index (χ1) is 9.22. The van der Waals surface area contributed by atoms with Crippen LogP contribution in [-0.4, -0.2) is 32.4 Å². The van der Waals surface area contributed by atoms with Crippen LogP contribution in [0.15, 0.2) is 18.2 Å². The molecule has 0 bridgehead atoms. The van der Waals surface area contributed by atoms with Gasteiger partial charge < -0.3 is 19.9 Å². The molecule has 1 aliphatic rings. The number of hydrogen-bond acceptors (Lipinski definition) is 5. The highest BCUT2D eigenvalue weighted by atomic mass is 16.5. The lowest BCUT2D eigenvalue weighted by Gasteiger charge is -2.14. The molecular formula is C14H19NO4. The topological polar surface area (TPSA) is 70.8 Å². The normalized spacial score (nSPS) is 18.3. The van der Waals surface area contributed by atoms with E-state index in [1.54, 1.807) is 18.2 Å². The lowest BCUT2D eigenvalue weighted by Crippen LogP contribution is -2.13. The van der Waals surface area contributed by atoms with E-state index >= 15 is 0 Å². The molecule has 1 aromatic carbocycles. The molecule has 1 saturated heterocycles. The molecule has 0 aromatic heterocycles. The van der Waals surface area contributed by atoms with Crippen molar-refractivity contribution in [1.29, 1.82) is 0 Å².